The zero-order valence-corrected chi connectivity index (χ0v) is 14.4. The van der Waals surface area contributed by atoms with E-state index in [0.717, 1.165) is 7.11 Å². The van der Waals surface area contributed by atoms with Gasteiger partial charge in [-0.15, -0.1) is 11.8 Å². The van der Waals surface area contributed by atoms with Crippen molar-refractivity contribution in [2.75, 3.05) is 13.4 Å². The van der Waals surface area contributed by atoms with Gasteiger partial charge in [0, 0.05) is 5.56 Å². The maximum absolute atomic E-state index is 12.2. The van der Waals surface area contributed by atoms with Gasteiger partial charge in [0.05, 0.1) is 12.5 Å². The number of carbonyl (C=O) groups is 2. The Morgan fingerprint density at radius 2 is 1.83 bits per heavy atom. The summed E-state index contributed by atoms with van der Waals surface area (Å²) in [6.07, 6.45) is 1.71. The monoisotopic (exact) mass is 359 g/mol. The number of carbonyl (C=O) groups excluding carboxylic acids is 2. The number of aliphatic hydroxyl groups is 1. The normalized spacial score (nSPS) is 13.9. The molecule has 1 rings (SSSR count). The molecule has 0 saturated heterocycles. The second kappa shape index (κ2) is 8.14. The van der Waals surface area contributed by atoms with Crippen molar-refractivity contribution < 1.29 is 27.3 Å². The van der Waals surface area contributed by atoms with Gasteiger partial charge in [0.1, 0.15) is 5.76 Å². The molecule has 0 bridgehead atoms. The molecular weight excluding hydrogens is 342 g/mol. The third-order valence-corrected chi connectivity index (χ3v) is 4.97. The molecule has 23 heavy (non-hydrogen) atoms. The number of hydrogen-bond donors (Lipinski definition) is 2. The molecular formula is C14H17NO6S2. The van der Waals surface area contributed by atoms with Crippen LogP contribution in [0.15, 0.2) is 35.2 Å². The Labute approximate surface area is 138 Å². The summed E-state index contributed by atoms with van der Waals surface area (Å²) in [6, 6.07) is 7.54. The van der Waals surface area contributed by atoms with Crippen LogP contribution in [0.25, 0.3) is 5.76 Å². The first-order valence-electron chi connectivity index (χ1n) is 6.41. The van der Waals surface area contributed by atoms with Gasteiger partial charge in [-0.1, -0.05) is 30.3 Å². The summed E-state index contributed by atoms with van der Waals surface area (Å²) >= 11 is 1.26. The SMILES string of the molecule is COS(=O)(=O)/C(C(=O)C(=O)NC(C)SC)=C(/O)c1ccccc1. The molecule has 0 aliphatic carbocycles. The predicted molar refractivity (Wildman–Crippen MR) is 88.0 cm³/mol. The number of rotatable bonds is 7. The maximum atomic E-state index is 12.2. The fourth-order valence-electron chi connectivity index (χ4n) is 1.56. The Balaban J connectivity index is 3.39. The van der Waals surface area contributed by atoms with Gasteiger partial charge in [-0.3, -0.25) is 13.8 Å². The summed E-state index contributed by atoms with van der Waals surface area (Å²) < 4.78 is 28.2. The van der Waals surface area contributed by atoms with E-state index in [2.05, 4.69) is 9.50 Å². The van der Waals surface area contributed by atoms with Crippen molar-refractivity contribution in [3.63, 3.8) is 0 Å². The van der Waals surface area contributed by atoms with Crippen LogP contribution in [0.4, 0.5) is 0 Å². The van der Waals surface area contributed by atoms with Crippen LogP contribution in [0.3, 0.4) is 0 Å². The number of Topliss-reactive ketones (excluding diaryl/α,β-unsaturated/α-hetero) is 1. The molecule has 1 aromatic rings. The second-order valence-electron chi connectivity index (χ2n) is 4.35. The highest BCUT2D eigenvalue weighted by molar-refractivity contribution is 7.99. The van der Waals surface area contributed by atoms with Crippen molar-refractivity contribution in [1.82, 2.24) is 5.32 Å². The number of benzene rings is 1. The van der Waals surface area contributed by atoms with Crippen LogP contribution in [0.1, 0.15) is 12.5 Å². The van der Waals surface area contributed by atoms with E-state index in [1.54, 1.807) is 31.4 Å². The largest absolute Gasteiger partial charge is 0.506 e. The molecule has 0 aromatic heterocycles. The van der Waals surface area contributed by atoms with Gasteiger partial charge in [0.25, 0.3) is 11.7 Å². The Kier molecular flexibility index (Phi) is 6.79. The summed E-state index contributed by atoms with van der Waals surface area (Å²) in [4.78, 5) is 23.0. The lowest BCUT2D eigenvalue weighted by Gasteiger charge is -2.12. The quantitative estimate of drug-likeness (QED) is 0.248. The second-order valence-corrected chi connectivity index (χ2v) is 7.17. The molecule has 1 atom stereocenters. The molecule has 2 N–H and O–H groups in total. The third-order valence-electron chi connectivity index (χ3n) is 2.83. The molecule has 0 aliphatic rings. The summed E-state index contributed by atoms with van der Waals surface area (Å²) in [5.74, 6) is -3.39. The summed E-state index contributed by atoms with van der Waals surface area (Å²) in [7, 11) is -3.75. The van der Waals surface area contributed by atoms with E-state index in [-0.39, 0.29) is 5.56 Å². The lowest BCUT2D eigenvalue weighted by atomic mass is 10.1. The average molecular weight is 359 g/mol. The highest BCUT2D eigenvalue weighted by atomic mass is 32.2. The summed E-state index contributed by atoms with van der Waals surface area (Å²) in [5.41, 5.74) is 0.0715. The third kappa shape index (κ3) is 4.81. The van der Waals surface area contributed by atoms with E-state index in [0.29, 0.717) is 0 Å². The van der Waals surface area contributed by atoms with Crippen molar-refractivity contribution >= 4 is 39.3 Å². The van der Waals surface area contributed by atoms with E-state index in [1.165, 1.54) is 23.9 Å². The lowest BCUT2D eigenvalue weighted by Crippen LogP contribution is -2.38. The van der Waals surface area contributed by atoms with E-state index in [1.807, 2.05) is 0 Å². The van der Waals surface area contributed by atoms with E-state index >= 15 is 0 Å². The Morgan fingerprint density at radius 1 is 1.26 bits per heavy atom. The smallest absolute Gasteiger partial charge is 0.304 e. The van der Waals surface area contributed by atoms with E-state index < -0.39 is 37.8 Å². The minimum atomic E-state index is -4.58. The summed E-state index contributed by atoms with van der Waals surface area (Å²) in [5, 5.41) is 12.1. The first kappa shape index (κ1) is 19.2. The number of hydrogen-bond acceptors (Lipinski definition) is 7. The first-order valence-corrected chi connectivity index (χ1v) is 9.11. The predicted octanol–water partition coefficient (Wildman–Crippen LogP) is 1.28. The molecule has 1 amide bonds. The van der Waals surface area contributed by atoms with Crippen LogP contribution in [-0.4, -0.2) is 44.0 Å². The zero-order chi connectivity index (χ0) is 17.6. The molecule has 1 unspecified atom stereocenters. The zero-order valence-electron chi connectivity index (χ0n) is 12.8. The number of amides is 1. The van der Waals surface area contributed by atoms with Crippen molar-refractivity contribution in [3.8, 4) is 0 Å². The number of thioether (sulfide) groups is 1. The molecule has 9 heteroatoms. The van der Waals surface area contributed by atoms with Crippen LogP contribution in [-0.2, 0) is 23.9 Å². The average Bonchev–Trinajstić information content (AvgIpc) is 2.55. The highest BCUT2D eigenvalue weighted by Crippen LogP contribution is 2.22. The van der Waals surface area contributed by atoms with Crippen molar-refractivity contribution in [2.45, 2.75) is 12.3 Å². The highest BCUT2D eigenvalue weighted by Gasteiger charge is 2.34. The molecule has 0 fully saturated rings. The van der Waals surface area contributed by atoms with Gasteiger partial charge in [0.2, 0.25) is 0 Å². The van der Waals surface area contributed by atoms with Crippen LogP contribution >= 0.6 is 11.8 Å². The lowest BCUT2D eigenvalue weighted by molar-refractivity contribution is -0.135. The topological polar surface area (TPSA) is 110 Å². The fraction of sp³-hybridized carbons (Fsp3) is 0.286. The van der Waals surface area contributed by atoms with Crippen LogP contribution in [0, 0.1) is 0 Å². The van der Waals surface area contributed by atoms with E-state index in [9.17, 15) is 23.1 Å². The van der Waals surface area contributed by atoms with Crippen LogP contribution < -0.4 is 5.32 Å². The minimum absolute atomic E-state index is 0.0715. The molecule has 1 aromatic carbocycles. The molecule has 0 radical (unpaired) electrons. The standard InChI is InChI=1S/C14H17NO6S2/c1-9(22-3)15-14(18)12(17)13(23(19,20)21-2)11(16)10-7-5-4-6-8-10/h4-9,16H,1-3H3,(H,15,18)/b13-11+. The van der Waals surface area contributed by atoms with Gasteiger partial charge < -0.3 is 10.4 Å². The molecule has 126 valence electrons. The Morgan fingerprint density at radius 3 is 2.30 bits per heavy atom. The van der Waals surface area contributed by atoms with Gasteiger partial charge in [-0.25, -0.2) is 0 Å². The van der Waals surface area contributed by atoms with Gasteiger partial charge in [0.15, 0.2) is 4.91 Å². The van der Waals surface area contributed by atoms with Crippen molar-refractivity contribution in [3.05, 3.63) is 40.8 Å². The van der Waals surface area contributed by atoms with Gasteiger partial charge in [-0.2, -0.15) is 8.42 Å². The number of aliphatic hydroxyl groups excluding tert-OH is 1. The van der Waals surface area contributed by atoms with E-state index in [4.69, 9.17) is 0 Å². The fourth-order valence-corrected chi connectivity index (χ4v) is 2.63. The number of nitrogens with one attached hydrogen (secondary N) is 1. The Hall–Kier alpha value is -1.84. The van der Waals surface area contributed by atoms with Crippen molar-refractivity contribution in [1.29, 1.82) is 0 Å². The van der Waals surface area contributed by atoms with Crippen LogP contribution in [0.2, 0.25) is 0 Å². The molecule has 0 saturated carbocycles. The van der Waals surface area contributed by atoms with Crippen molar-refractivity contribution in [2.24, 2.45) is 0 Å². The first-order chi connectivity index (χ1) is 10.7. The maximum Gasteiger partial charge on any atom is 0.304 e. The number of ketones is 1. The van der Waals surface area contributed by atoms with Gasteiger partial charge in [-0.05, 0) is 13.2 Å². The van der Waals surface area contributed by atoms with Gasteiger partial charge >= 0.3 is 10.1 Å². The Bertz CT molecular complexity index is 712. The van der Waals surface area contributed by atoms with Crippen LogP contribution in [0.5, 0.6) is 0 Å². The molecule has 0 aliphatic heterocycles. The molecule has 0 spiro atoms. The molecule has 0 heterocycles. The molecule has 7 nitrogen and oxygen atoms in total. The minimum Gasteiger partial charge on any atom is -0.506 e. The summed E-state index contributed by atoms with van der Waals surface area (Å²) in [6.45, 7) is 1.63.